The Morgan fingerprint density at radius 1 is 1.00 bits per heavy atom. The van der Waals surface area contributed by atoms with Crippen molar-refractivity contribution in [1.29, 1.82) is 0 Å². The van der Waals surface area contributed by atoms with Crippen LogP contribution in [0.25, 0.3) is 0 Å². The minimum absolute atomic E-state index is 0.269. The zero-order chi connectivity index (χ0) is 19.5. The molecule has 0 aliphatic carbocycles. The summed E-state index contributed by atoms with van der Waals surface area (Å²) in [6, 6.07) is 11.0. The smallest absolute Gasteiger partial charge is 0.277 e. The Hall–Kier alpha value is -2.34. The molecule has 26 heavy (non-hydrogen) atoms. The summed E-state index contributed by atoms with van der Waals surface area (Å²) in [6.45, 7) is 11.4. The molecule has 0 aromatic heterocycles. The number of hydrogen-bond donors (Lipinski definition) is 1. The molecule has 2 rings (SSSR count). The molecule has 140 valence electrons. The van der Waals surface area contributed by atoms with Crippen LogP contribution in [0.3, 0.4) is 0 Å². The van der Waals surface area contributed by atoms with Crippen molar-refractivity contribution in [3.05, 3.63) is 58.7 Å². The molecule has 5 nitrogen and oxygen atoms in total. The van der Waals surface area contributed by atoms with Crippen molar-refractivity contribution in [2.24, 2.45) is 5.10 Å². The van der Waals surface area contributed by atoms with Crippen molar-refractivity contribution in [2.75, 3.05) is 0 Å². The molecular weight excluding hydrogens is 348 g/mol. The Labute approximate surface area is 156 Å². The van der Waals surface area contributed by atoms with Gasteiger partial charge in [0.15, 0.2) is 0 Å². The van der Waals surface area contributed by atoms with Crippen LogP contribution in [0, 0.1) is 20.8 Å². The summed E-state index contributed by atoms with van der Waals surface area (Å²) in [7, 11) is -3.71. The van der Waals surface area contributed by atoms with Crippen molar-refractivity contribution in [1.82, 2.24) is 4.83 Å². The third-order valence-corrected chi connectivity index (χ3v) is 5.09. The summed E-state index contributed by atoms with van der Waals surface area (Å²) in [6.07, 6.45) is 1.47. The average molecular weight is 375 g/mol. The van der Waals surface area contributed by atoms with Crippen molar-refractivity contribution < 1.29 is 13.2 Å². The fraction of sp³-hybridized carbons (Fsp3) is 0.350. The first-order valence-electron chi connectivity index (χ1n) is 8.40. The van der Waals surface area contributed by atoms with Crippen LogP contribution in [0.4, 0.5) is 0 Å². The van der Waals surface area contributed by atoms with Gasteiger partial charge in [-0.05, 0) is 82.5 Å². The predicted octanol–water partition coefficient (Wildman–Crippen LogP) is 4.10. The normalized spacial score (nSPS) is 12.4. The van der Waals surface area contributed by atoms with Crippen LogP contribution in [0.1, 0.15) is 43.0 Å². The van der Waals surface area contributed by atoms with Crippen molar-refractivity contribution in [3.63, 3.8) is 0 Å². The lowest BCUT2D eigenvalue weighted by Crippen LogP contribution is -2.22. The van der Waals surface area contributed by atoms with E-state index in [0.29, 0.717) is 11.1 Å². The van der Waals surface area contributed by atoms with Gasteiger partial charge in [-0.25, -0.2) is 4.83 Å². The van der Waals surface area contributed by atoms with E-state index in [1.807, 2.05) is 64.1 Å². The van der Waals surface area contributed by atoms with Crippen LogP contribution in [0.5, 0.6) is 5.75 Å². The minimum atomic E-state index is -3.71. The van der Waals surface area contributed by atoms with Gasteiger partial charge in [0.2, 0.25) is 0 Å². The first-order valence-corrected chi connectivity index (χ1v) is 9.88. The fourth-order valence-electron chi connectivity index (χ4n) is 2.78. The van der Waals surface area contributed by atoms with Crippen LogP contribution in [0.2, 0.25) is 0 Å². The molecule has 0 saturated heterocycles. The molecule has 2 aromatic carbocycles. The summed E-state index contributed by atoms with van der Waals surface area (Å²) in [5.74, 6) is 0.751. The lowest BCUT2D eigenvalue weighted by Gasteiger charge is -2.21. The van der Waals surface area contributed by atoms with Crippen LogP contribution < -0.4 is 9.57 Å². The molecule has 0 bridgehead atoms. The van der Waals surface area contributed by atoms with Gasteiger partial charge >= 0.3 is 0 Å². The standard InChI is InChI=1S/C20H26N2O3S/c1-14-11-15(2)19(16(3)12-14)26(23,24)22-21-13-17-7-9-18(10-8-17)25-20(4,5)6/h7-13,22H,1-6H3/b21-13+. The van der Waals surface area contributed by atoms with E-state index in [1.165, 1.54) is 6.21 Å². The highest BCUT2D eigenvalue weighted by atomic mass is 32.2. The number of hydrazone groups is 1. The van der Waals surface area contributed by atoms with Gasteiger partial charge in [-0.15, -0.1) is 0 Å². The van der Waals surface area contributed by atoms with E-state index in [4.69, 9.17) is 4.74 Å². The average Bonchev–Trinajstić information content (AvgIpc) is 2.46. The molecule has 0 saturated carbocycles. The van der Waals surface area contributed by atoms with Crippen LogP contribution in [0.15, 0.2) is 46.4 Å². The third-order valence-electron chi connectivity index (χ3n) is 3.56. The molecule has 0 spiro atoms. The summed E-state index contributed by atoms with van der Waals surface area (Å²) >= 11 is 0. The van der Waals surface area contributed by atoms with E-state index in [-0.39, 0.29) is 10.5 Å². The first kappa shape index (κ1) is 20.0. The lowest BCUT2D eigenvalue weighted by molar-refractivity contribution is 0.131. The van der Waals surface area contributed by atoms with Crippen molar-refractivity contribution >= 4 is 16.2 Å². The maximum absolute atomic E-state index is 12.5. The van der Waals surface area contributed by atoms with E-state index in [0.717, 1.165) is 16.9 Å². The quantitative estimate of drug-likeness (QED) is 0.633. The molecule has 0 fully saturated rings. The van der Waals surface area contributed by atoms with Gasteiger partial charge in [-0.3, -0.25) is 0 Å². The van der Waals surface area contributed by atoms with Gasteiger partial charge in [-0.2, -0.15) is 13.5 Å². The highest BCUT2D eigenvalue weighted by molar-refractivity contribution is 7.89. The van der Waals surface area contributed by atoms with Gasteiger partial charge in [0.05, 0.1) is 11.1 Å². The van der Waals surface area contributed by atoms with Crippen LogP contribution in [-0.2, 0) is 10.0 Å². The molecule has 1 N–H and O–H groups in total. The van der Waals surface area contributed by atoms with E-state index in [9.17, 15) is 8.42 Å². The van der Waals surface area contributed by atoms with Crippen LogP contribution >= 0.6 is 0 Å². The molecule has 6 heteroatoms. The number of nitrogens with one attached hydrogen (secondary N) is 1. The molecule has 0 unspecified atom stereocenters. The molecule has 0 amide bonds. The largest absolute Gasteiger partial charge is 0.488 e. The maximum atomic E-state index is 12.5. The first-order chi connectivity index (χ1) is 12.0. The lowest BCUT2D eigenvalue weighted by atomic mass is 10.1. The summed E-state index contributed by atoms with van der Waals surface area (Å²) < 4.78 is 30.8. The Morgan fingerprint density at radius 3 is 2.04 bits per heavy atom. The number of sulfonamides is 1. The molecule has 0 heterocycles. The van der Waals surface area contributed by atoms with Gasteiger partial charge in [0.1, 0.15) is 11.4 Å². The maximum Gasteiger partial charge on any atom is 0.277 e. The van der Waals surface area contributed by atoms with E-state index in [1.54, 1.807) is 13.8 Å². The Kier molecular flexibility index (Phi) is 5.76. The highest BCUT2D eigenvalue weighted by Crippen LogP contribution is 2.21. The molecular formula is C20H26N2O3S. The van der Waals surface area contributed by atoms with Gasteiger partial charge in [-0.1, -0.05) is 17.7 Å². The Morgan fingerprint density at radius 2 is 1.54 bits per heavy atom. The van der Waals surface area contributed by atoms with Gasteiger partial charge in [0, 0.05) is 0 Å². The second-order valence-corrected chi connectivity index (χ2v) is 8.96. The highest BCUT2D eigenvalue weighted by Gasteiger charge is 2.19. The second kappa shape index (κ2) is 7.50. The van der Waals surface area contributed by atoms with E-state index in [2.05, 4.69) is 9.93 Å². The number of nitrogens with zero attached hydrogens (tertiary/aromatic N) is 1. The molecule has 0 radical (unpaired) electrons. The number of rotatable bonds is 5. The van der Waals surface area contributed by atoms with Gasteiger partial charge in [0.25, 0.3) is 10.0 Å². The SMILES string of the molecule is Cc1cc(C)c(S(=O)(=O)N/N=C/c2ccc(OC(C)(C)C)cc2)c(C)c1. The van der Waals surface area contributed by atoms with Crippen molar-refractivity contribution in [3.8, 4) is 5.75 Å². The summed E-state index contributed by atoms with van der Waals surface area (Å²) in [5, 5.41) is 3.89. The Bertz CT molecular complexity index is 886. The fourth-order valence-corrected chi connectivity index (χ4v) is 4.03. The minimum Gasteiger partial charge on any atom is -0.488 e. The zero-order valence-corrected chi connectivity index (χ0v) is 16.9. The van der Waals surface area contributed by atoms with E-state index >= 15 is 0 Å². The van der Waals surface area contributed by atoms with Gasteiger partial charge < -0.3 is 4.74 Å². The second-order valence-electron chi connectivity index (χ2n) is 7.36. The molecule has 0 aliphatic heterocycles. The topological polar surface area (TPSA) is 67.8 Å². The van der Waals surface area contributed by atoms with Crippen LogP contribution in [-0.4, -0.2) is 20.2 Å². The number of hydrogen-bond acceptors (Lipinski definition) is 4. The number of ether oxygens (including phenoxy) is 1. The molecule has 0 atom stereocenters. The van der Waals surface area contributed by atoms with E-state index < -0.39 is 10.0 Å². The predicted molar refractivity (Wildman–Crippen MR) is 105 cm³/mol. The summed E-state index contributed by atoms with van der Waals surface area (Å²) in [4.78, 5) is 2.56. The molecule has 2 aromatic rings. The van der Waals surface area contributed by atoms with Crippen molar-refractivity contribution in [2.45, 2.75) is 52.0 Å². The number of benzene rings is 2. The summed E-state index contributed by atoms with van der Waals surface area (Å²) in [5.41, 5.74) is 2.93. The third kappa shape index (κ3) is 5.33. The Balaban J connectivity index is 2.13. The monoisotopic (exact) mass is 374 g/mol. The number of aryl methyl sites for hydroxylation is 3. The molecule has 0 aliphatic rings. The zero-order valence-electron chi connectivity index (χ0n) is 16.1.